The predicted octanol–water partition coefficient (Wildman–Crippen LogP) is 1.60. The number of rotatable bonds is 4. The van der Waals surface area contributed by atoms with Crippen molar-refractivity contribution in [3.8, 4) is 11.3 Å². The lowest BCUT2D eigenvalue weighted by molar-refractivity contribution is 0.0698. The van der Waals surface area contributed by atoms with Crippen molar-refractivity contribution in [2.45, 2.75) is 25.8 Å². The van der Waals surface area contributed by atoms with Crippen molar-refractivity contribution in [2.24, 2.45) is 0 Å². The van der Waals surface area contributed by atoms with E-state index in [-0.39, 0.29) is 11.9 Å². The highest BCUT2D eigenvalue weighted by molar-refractivity contribution is 7.88. The van der Waals surface area contributed by atoms with Crippen molar-refractivity contribution in [3.63, 3.8) is 0 Å². The fraction of sp³-hybridized carbons (Fsp3) is 0.467. The van der Waals surface area contributed by atoms with Crippen molar-refractivity contribution in [1.29, 1.82) is 0 Å². The molecule has 7 nitrogen and oxygen atoms in total. The predicted molar refractivity (Wildman–Crippen MR) is 93.5 cm³/mol. The standard InChI is InChI=1S/C15H20N4O3S2/c1-10-17-14(9-23-10)11-6-13(16-7-11)15(20)19-5-3-4-12(8-19)18-24(2,21)22/h6-7,9,12,16,18H,3-5,8H2,1-2H3/t12-/m1/s1. The van der Waals surface area contributed by atoms with Gasteiger partial charge in [0.2, 0.25) is 10.0 Å². The van der Waals surface area contributed by atoms with E-state index in [1.807, 2.05) is 12.3 Å². The average molecular weight is 368 g/mol. The second-order valence-corrected chi connectivity index (χ2v) is 8.88. The molecule has 0 bridgehead atoms. The van der Waals surface area contributed by atoms with Crippen LogP contribution in [0.3, 0.4) is 0 Å². The topological polar surface area (TPSA) is 95.2 Å². The summed E-state index contributed by atoms with van der Waals surface area (Å²) in [6.45, 7) is 2.95. The minimum Gasteiger partial charge on any atom is -0.357 e. The molecule has 3 heterocycles. The zero-order valence-corrected chi connectivity index (χ0v) is 15.2. The molecular formula is C15H20N4O3S2. The van der Waals surface area contributed by atoms with E-state index in [1.165, 1.54) is 0 Å². The number of hydrogen-bond acceptors (Lipinski definition) is 5. The third-order valence-corrected chi connectivity index (χ3v) is 5.45. The Morgan fingerprint density at radius 2 is 2.29 bits per heavy atom. The van der Waals surface area contributed by atoms with Crippen molar-refractivity contribution in [1.82, 2.24) is 19.6 Å². The molecule has 0 radical (unpaired) electrons. The maximum absolute atomic E-state index is 12.7. The zero-order valence-electron chi connectivity index (χ0n) is 13.6. The van der Waals surface area contributed by atoms with Gasteiger partial charge in [-0.1, -0.05) is 0 Å². The molecule has 1 amide bonds. The Hall–Kier alpha value is -1.71. The molecule has 1 aliphatic heterocycles. The third kappa shape index (κ3) is 4.03. The summed E-state index contributed by atoms with van der Waals surface area (Å²) in [5, 5.41) is 2.93. The van der Waals surface area contributed by atoms with Crippen molar-refractivity contribution in [3.05, 3.63) is 28.3 Å². The van der Waals surface area contributed by atoms with Crippen LogP contribution in [-0.2, 0) is 10.0 Å². The van der Waals surface area contributed by atoms with Crippen LogP contribution >= 0.6 is 11.3 Å². The van der Waals surface area contributed by atoms with E-state index in [0.717, 1.165) is 35.4 Å². The summed E-state index contributed by atoms with van der Waals surface area (Å²) in [7, 11) is -3.27. The van der Waals surface area contributed by atoms with Crippen LogP contribution in [0.2, 0.25) is 0 Å². The van der Waals surface area contributed by atoms with E-state index in [4.69, 9.17) is 0 Å². The van der Waals surface area contributed by atoms with Crippen LogP contribution in [0.25, 0.3) is 11.3 Å². The van der Waals surface area contributed by atoms with Crippen LogP contribution in [0, 0.1) is 6.92 Å². The number of carbonyl (C=O) groups excluding carboxylic acids is 1. The molecule has 0 unspecified atom stereocenters. The van der Waals surface area contributed by atoms with Gasteiger partial charge >= 0.3 is 0 Å². The number of aromatic amines is 1. The monoisotopic (exact) mass is 368 g/mol. The van der Waals surface area contributed by atoms with Crippen LogP contribution < -0.4 is 4.72 Å². The first-order chi connectivity index (χ1) is 11.3. The molecule has 2 aromatic heterocycles. The van der Waals surface area contributed by atoms with Gasteiger partial charge in [-0.2, -0.15) is 0 Å². The van der Waals surface area contributed by atoms with Gasteiger partial charge in [0.1, 0.15) is 5.69 Å². The van der Waals surface area contributed by atoms with E-state index >= 15 is 0 Å². The molecule has 1 atom stereocenters. The van der Waals surface area contributed by atoms with E-state index in [0.29, 0.717) is 18.8 Å². The van der Waals surface area contributed by atoms with Gasteiger partial charge in [0.25, 0.3) is 5.91 Å². The molecule has 130 valence electrons. The lowest BCUT2D eigenvalue weighted by Crippen LogP contribution is -2.49. The lowest BCUT2D eigenvalue weighted by atomic mass is 10.1. The van der Waals surface area contributed by atoms with Gasteiger partial charge in [0, 0.05) is 36.3 Å². The molecule has 0 spiro atoms. The summed E-state index contributed by atoms with van der Waals surface area (Å²) in [6, 6.07) is 1.57. The quantitative estimate of drug-likeness (QED) is 0.857. The van der Waals surface area contributed by atoms with E-state index in [1.54, 1.807) is 28.5 Å². The van der Waals surface area contributed by atoms with Gasteiger partial charge in [0.05, 0.1) is 17.0 Å². The van der Waals surface area contributed by atoms with Crippen molar-refractivity contribution in [2.75, 3.05) is 19.3 Å². The summed E-state index contributed by atoms with van der Waals surface area (Å²) in [4.78, 5) is 21.8. The smallest absolute Gasteiger partial charge is 0.270 e. The second-order valence-electron chi connectivity index (χ2n) is 6.03. The molecule has 1 fully saturated rings. The lowest BCUT2D eigenvalue weighted by Gasteiger charge is -2.32. The summed E-state index contributed by atoms with van der Waals surface area (Å²) in [5.74, 6) is -0.117. The highest BCUT2D eigenvalue weighted by Gasteiger charge is 2.27. The van der Waals surface area contributed by atoms with E-state index in [2.05, 4.69) is 14.7 Å². The van der Waals surface area contributed by atoms with Crippen LogP contribution in [-0.4, -0.2) is 54.6 Å². The third-order valence-electron chi connectivity index (χ3n) is 3.92. The zero-order chi connectivity index (χ0) is 17.3. The van der Waals surface area contributed by atoms with E-state index < -0.39 is 10.0 Å². The van der Waals surface area contributed by atoms with Crippen molar-refractivity contribution >= 4 is 27.3 Å². The van der Waals surface area contributed by atoms with E-state index in [9.17, 15) is 13.2 Å². The number of nitrogens with one attached hydrogen (secondary N) is 2. The van der Waals surface area contributed by atoms with Crippen molar-refractivity contribution < 1.29 is 13.2 Å². The number of aryl methyl sites for hydroxylation is 1. The number of sulfonamides is 1. The summed E-state index contributed by atoms with van der Waals surface area (Å²) < 4.78 is 25.4. The Labute approximate surface area is 145 Å². The molecule has 9 heteroatoms. The maximum atomic E-state index is 12.7. The molecular weight excluding hydrogens is 348 g/mol. The number of hydrogen-bond donors (Lipinski definition) is 2. The van der Waals surface area contributed by atoms with Gasteiger partial charge < -0.3 is 9.88 Å². The second kappa shape index (κ2) is 6.66. The summed E-state index contributed by atoms with van der Waals surface area (Å²) >= 11 is 1.57. The van der Waals surface area contributed by atoms with Crippen LogP contribution in [0.15, 0.2) is 17.6 Å². The van der Waals surface area contributed by atoms with Gasteiger partial charge in [-0.25, -0.2) is 18.1 Å². The van der Waals surface area contributed by atoms with Gasteiger partial charge in [0.15, 0.2) is 0 Å². The number of nitrogens with zero attached hydrogens (tertiary/aromatic N) is 2. The molecule has 1 saturated heterocycles. The van der Waals surface area contributed by atoms with Crippen LogP contribution in [0.4, 0.5) is 0 Å². The molecule has 0 saturated carbocycles. The van der Waals surface area contributed by atoms with Gasteiger partial charge in [-0.05, 0) is 25.8 Å². The van der Waals surface area contributed by atoms with Gasteiger partial charge in [-0.3, -0.25) is 4.79 Å². The fourth-order valence-electron chi connectivity index (χ4n) is 2.89. The first-order valence-corrected chi connectivity index (χ1v) is 10.5. The number of H-pyrrole nitrogens is 1. The molecule has 0 aliphatic carbocycles. The molecule has 2 N–H and O–H groups in total. The van der Waals surface area contributed by atoms with Gasteiger partial charge in [-0.15, -0.1) is 11.3 Å². The number of likely N-dealkylation sites (tertiary alicyclic amines) is 1. The molecule has 3 rings (SSSR count). The normalized spacial score (nSPS) is 18.8. The average Bonchev–Trinajstić information content (AvgIpc) is 3.13. The number of piperidine rings is 1. The molecule has 2 aromatic rings. The summed E-state index contributed by atoms with van der Waals surface area (Å²) in [5.41, 5.74) is 2.23. The molecule has 0 aromatic carbocycles. The molecule has 24 heavy (non-hydrogen) atoms. The Morgan fingerprint density at radius 1 is 1.50 bits per heavy atom. The summed E-state index contributed by atoms with van der Waals surface area (Å²) in [6.07, 6.45) is 4.43. The number of amides is 1. The van der Waals surface area contributed by atoms with Crippen LogP contribution in [0.5, 0.6) is 0 Å². The first kappa shape index (κ1) is 17.1. The Balaban J connectivity index is 1.71. The largest absolute Gasteiger partial charge is 0.357 e. The highest BCUT2D eigenvalue weighted by Crippen LogP contribution is 2.23. The highest BCUT2D eigenvalue weighted by atomic mass is 32.2. The Morgan fingerprint density at radius 3 is 2.96 bits per heavy atom. The minimum absolute atomic E-state index is 0.117. The SMILES string of the molecule is Cc1nc(-c2c[nH]c(C(=O)N3CCC[C@@H](NS(C)(=O)=O)C3)c2)cs1. The first-order valence-electron chi connectivity index (χ1n) is 7.69. The number of carbonyl (C=O) groups is 1. The maximum Gasteiger partial charge on any atom is 0.270 e. The minimum atomic E-state index is -3.27. The number of thiazole rings is 1. The Bertz CT molecular complexity index is 841. The fourth-order valence-corrected chi connectivity index (χ4v) is 4.31. The number of aromatic nitrogens is 2. The Kier molecular flexibility index (Phi) is 4.75. The van der Waals surface area contributed by atoms with Crippen LogP contribution in [0.1, 0.15) is 28.3 Å². The molecule has 1 aliphatic rings.